The molecule has 8 heteroatoms. The Hall–Kier alpha value is -3.23. The summed E-state index contributed by atoms with van der Waals surface area (Å²) < 4.78 is 11.1. The average Bonchev–Trinajstić information content (AvgIpc) is 3.41. The number of fused-ring (bicyclic) bond motifs is 1. The van der Waals surface area contributed by atoms with Gasteiger partial charge in [0.1, 0.15) is 12.4 Å². The SMILES string of the molecule is CC(C)(C)c1cc(C(=O)NC[C@H](O)CN2CCc3cc(OCc4cnco4)ccc3C2)cc(CC2CCC2)n1. The van der Waals surface area contributed by atoms with Gasteiger partial charge in [-0.15, -0.1) is 0 Å². The molecular weight excluding hydrogens is 492 g/mol. The molecule has 39 heavy (non-hydrogen) atoms. The molecule has 2 N–H and O–H groups in total. The van der Waals surface area contributed by atoms with E-state index in [4.69, 9.17) is 14.1 Å². The van der Waals surface area contributed by atoms with Crippen LogP contribution in [0.4, 0.5) is 0 Å². The largest absolute Gasteiger partial charge is 0.486 e. The molecule has 8 nitrogen and oxygen atoms in total. The standard InChI is InChI=1S/C31H40N4O4/c1-31(2,3)29-14-24(12-25(34-29)11-21-5-4-6-21)30(37)33-15-26(36)18-35-10-9-22-13-27(8-7-23(22)17-35)38-19-28-16-32-20-39-28/h7-8,12-14,16,20-21,26,36H,4-6,9-11,15,17-19H2,1-3H3,(H,33,37)/t26-/m0/s1. The lowest BCUT2D eigenvalue weighted by Crippen LogP contribution is -2.42. The fraction of sp³-hybridized carbons (Fsp3) is 0.516. The summed E-state index contributed by atoms with van der Waals surface area (Å²) in [6, 6.07) is 9.97. The molecule has 3 aromatic rings. The Morgan fingerprint density at radius 1 is 1.23 bits per heavy atom. The van der Waals surface area contributed by atoms with Crippen molar-refractivity contribution in [2.75, 3.05) is 19.6 Å². The van der Waals surface area contributed by atoms with Crippen LogP contribution in [0.1, 0.15) is 78.7 Å². The van der Waals surface area contributed by atoms with Crippen LogP contribution in [-0.2, 0) is 31.4 Å². The molecule has 0 saturated heterocycles. The van der Waals surface area contributed by atoms with Crippen LogP contribution < -0.4 is 10.1 Å². The van der Waals surface area contributed by atoms with Crippen molar-refractivity contribution in [3.8, 4) is 5.75 Å². The monoisotopic (exact) mass is 532 g/mol. The predicted molar refractivity (Wildman–Crippen MR) is 149 cm³/mol. The molecule has 1 aromatic carbocycles. The molecule has 2 aromatic heterocycles. The number of benzene rings is 1. The lowest BCUT2D eigenvalue weighted by atomic mass is 9.81. The molecule has 1 aliphatic heterocycles. The van der Waals surface area contributed by atoms with Crippen LogP contribution >= 0.6 is 0 Å². The van der Waals surface area contributed by atoms with E-state index in [1.54, 1.807) is 6.20 Å². The second-order valence-electron chi connectivity index (χ2n) is 12.0. The van der Waals surface area contributed by atoms with Gasteiger partial charge in [-0.1, -0.05) is 46.1 Å². The highest BCUT2D eigenvalue weighted by Gasteiger charge is 2.24. The molecule has 0 spiro atoms. The summed E-state index contributed by atoms with van der Waals surface area (Å²) >= 11 is 0. The Bertz CT molecular complexity index is 1260. The first kappa shape index (κ1) is 27.3. The van der Waals surface area contributed by atoms with Gasteiger partial charge in [0.05, 0.1) is 12.3 Å². The number of rotatable bonds is 10. The molecule has 5 rings (SSSR count). The maximum atomic E-state index is 13.1. The smallest absolute Gasteiger partial charge is 0.251 e. The zero-order valence-corrected chi connectivity index (χ0v) is 23.3. The number of amides is 1. The van der Waals surface area contributed by atoms with E-state index in [9.17, 15) is 9.90 Å². The van der Waals surface area contributed by atoms with E-state index in [0.29, 0.717) is 30.4 Å². The van der Waals surface area contributed by atoms with Gasteiger partial charge in [0.15, 0.2) is 12.2 Å². The number of carbonyl (C=O) groups excluding carboxylic acids is 1. The number of carbonyl (C=O) groups is 1. The van der Waals surface area contributed by atoms with E-state index >= 15 is 0 Å². The van der Waals surface area contributed by atoms with E-state index in [1.165, 1.54) is 36.8 Å². The molecule has 3 heterocycles. The van der Waals surface area contributed by atoms with Gasteiger partial charge in [-0.25, -0.2) is 4.98 Å². The van der Waals surface area contributed by atoms with E-state index < -0.39 is 6.10 Å². The van der Waals surface area contributed by atoms with Crippen molar-refractivity contribution in [3.63, 3.8) is 0 Å². The number of aliphatic hydroxyl groups excluding tert-OH is 1. The van der Waals surface area contributed by atoms with Gasteiger partial charge < -0.3 is 19.6 Å². The third-order valence-corrected chi connectivity index (χ3v) is 7.73. The third-order valence-electron chi connectivity index (χ3n) is 7.73. The summed E-state index contributed by atoms with van der Waals surface area (Å²) in [5.74, 6) is 2.02. The van der Waals surface area contributed by atoms with Crippen LogP contribution in [0.5, 0.6) is 5.75 Å². The number of pyridine rings is 1. The van der Waals surface area contributed by atoms with Gasteiger partial charge in [0.2, 0.25) is 0 Å². The second-order valence-corrected chi connectivity index (χ2v) is 12.0. The number of ether oxygens (including phenoxy) is 1. The van der Waals surface area contributed by atoms with E-state index in [1.807, 2.05) is 18.2 Å². The van der Waals surface area contributed by atoms with Crippen LogP contribution in [0.15, 0.2) is 47.3 Å². The van der Waals surface area contributed by atoms with Crippen molar-refractivity contribution < 1.29 is 19.1 Å². The van der Waals surface area contributed by atoms with E-state index in [2.05, 4.69) is 48.1 Å². The number of nitrogens with one attached hydrogen (secondary N) is 1. The minimum atomic E-state index is -0.654. The summed E-state index contributed by atoms with van der Waals surface area (Å²) in [6.45, 7) is 9.02. The Labute approximate surface area is 230 Å². The van der Waals surface area contributed by atoms with E-state index in [0.717, 1.165) is 43.1 Å². The molecule has 1 fully saturated rings. The minimum Gasteiger partial charge on any atom is -0.486 e. The summed E-state index contributed by atoms with van der Waals surface area (Å²) in [4.78, 5) is 24.1. The number of oxazole rings is 1. The molecule has 1 atom stereocenters. The normalized spacial score (nSPS) is 16.8. The molecule has 0 bridgehead atoms. The first-order chi connectivity index (χ1) is 18.7. The van der Waals surface area contributed by atoms with Crippen molar-refractivity contribution in [3.05, 3.63) is 76.8 Å². The van der Waals surface area contributed by atoms with Gasteiger partial charge in [0, 0.05) is 48.5 Å². The number of aromatic nitrogens is 2. The Morgan fingerprint density at radius 2 is 2.08 bits per heavy atom. The topological polar surface area (TPSA) is 101 Å². The molecule has 2 aliphatic rings. The predicted octanol–water partition coefficient (Wildman–Crippen LogP) is 4.44. The number of aliphatic hydroxyl groups is 1. The molecule has 1 saturated carbocycles. The van der Waals surface area contributed by atoms with Gasteiger partial charge in [0.25, 0.3) is 5.91 Å². The first-order valence-electron chi connectivity index (χ1n) is 14.0. The quantitative estimate of drug-likeness (QED) is 0.398. The fourth-order valence-electron chi connectivity index (χ4n) is 5.18. The summed E-state index contributed by atoms with van der Waals surface area (Å²) in [5, 5.41) is 13.7. The van der Waals surface area contributed by atoms with Crippen LogP contribution in [0, 0.1) is 5.92 Å². The highest BCUT2D eigenvalue weighted by molar-refractivity contribution is 5.94. The summed E-state index contributed by atoms with van der Waals surface area (Å²) in [7, 11) is 0. The van der Waals surface area contributed by atoms with Crippen LogP contribution in [0.2, 0.25) is 0 Å². The van der Waals surface area contributed by atoms with Crippen LogP contribution in [0.3, 0.4) is 0 Å². The van der Waals surface area contributed by atoms with Crippen molar-refractivity contribution in [1.29, 1.82) is 0 Å². The maximum Gasteiger partial charge on any atom is 0.251 e. The molecule has 0 radical (unpaired) electrons. The molecule has 1 aliphatic carbocycles. The minimum absolute atomic E-state index is 0.140. The second kappa shape index (κ2) is 11.9. The van der Waals surface area contributed by atoms with Gasteiger partial charge in [-0.3, -0.25) is 14.7 Å². The lowest BCUT2D eigenvalue weighted by molar-refractivity contribution is 0.0841. The molecule has 0 unspecified atom stereocenters. The zero-order chi connectivity index (χ0) is 27.4. The Kier molecular flexibility index (Phi) is 8.33. The first-order valence-corrected chi connectivity index (χ1v) is 14.0. The molecular formula is C31H40N4O4. The van der Waals surface area contributed by atoms with E-state index in [-0.39, 0.29) is 17.9 Å². The highest BCUT2D eigenvalue weighted by atomic mass is 16.5. The number of hydrogen-bond donors (Lipinski definition) is 2. The van der Waals surface area contributed by atoms with Crippen molar-refractivity contribution in [2.45, 2.75) is 77.5 Å². The maximum absolute atomic E-state index is 13.1. The van der Waals surface area contributed by atoms with Crippen LogP contribution in [-0.4, -0.2) is 51.6 Å². The summed E-state index contributed by atoms with van der Waals surface area (Å²) in [5.41, 5.74) is 4.91. The average molecular weight is 533 g/mol. The fourth-order valence-corrected chi connectivity index (χ4v) is 5.18. The zero-order valence-electron chi connectivity index (χ0n) is 23.3. The van der Waals surface area contributed by atoms with Gasteiger partial charge >= 0.3 is 0 Å². The van der Waals surface area contributed by atoms with Gasteiger partial charge in [-0.05, 0) is 54.2 Å². The highest BCUT2D eigenvalue weighted by Crippen LogP contribution is 2.31. The van der Waals surface area contributed by atoms with Crippen molar-refractivity contribution in [1.82, 2.24) is 20.2 Å². The lowest BCUT2D eigenvalue weighted by Gasteiger charge is -2.30. The van der Waals surface area contributed by atoms with Gasteiger partial charge in [-0.2, -0.15) is 0 Å². The number of nitrogens with zero attached hydrogens (tertiary/aromatic N) is 3. The third kappa shape index (κ3) is 7.25. The van der Waals surface area contributed by atoms with Crippen molar-refractivity contribution in [2.24, 2.45) is 5.92 Å². The Balaban J connectivity index is 1.13. The Morgan fingerprint density at radius 3 is 2.79 bits per heavy atom. The van der Waals surface area contributed by atoms with Crippen LogP contribution in [0.25, 0.3) is 0 Å². The number of hydrogen-bond acceptors (Lipinski definition) is 7. The summed E-state index contributed by atoms with van der Waals surface area (Å²) in [6.07, 6.45) is 7.98. The number of β-amino-alcohol motifs (C(OH)–C–C–N with tert-alkyl or cyclic N) is 1. The molecule has 208 valence electrons. The molecule has 1 amide bonds. The van der Waals surface area contributed by atoms with Crippen molar-refractivity contribution >= 4 is 5.91 Å².